The maximum Gasteiger partial charge on any atom is 0.305 e. The summed E-state index contributed by atoms with van der Waals surface area (Å²) in [6.45, 7) is 4.90. The number of ether oxygens (including phenoxy) is 1. The maximum atomic E-state index is 12.4. The van der Waals surface area contributed by atoms with Gasteiger partial charge in [0.1, 0.15) is 0 Å². The topological polar surface area (TPSA) is 95.9 Å². The van der Waals surface area contributed by atoms with Crippen LogP contribution in [0.25, 0.3) is 0 Å². The summed E-state index contributed by atoms with van der Waals surface area (Å²) >= 11 is 0. The maximum absolute atomic E-state index is 12.4. The number of hydrogen-bond acceptors (Lipinski definition) is 5. The van der Waals surface area contributed by atoms with Crippen LogP contribution in [-0.4, -0.2) is 47.4 Å². The fourth-order valence-corrected chi connectivity index (χ4v) is 7.69. The average Bonchev–Trinajstić information content (AvgIpc) is 3.20. The van der Waals surface area contributed by atoms with Crippen molar-refractivity contribution < 1.29 is 24.5 Å². The highest BCUT2D eigenvalue weighted by molar-refractivity contribution is 5.76. The minimum absolute atomic E-state index is 0.00630. The molecule has 0 saturated heterocycles. The number of hydrogen-bond donors (Lipinski definition) is 3. The Morgan fingerprint density at radius 1 is 0.482 bits per heavy atom. The van der Waals surface area contributed by atoms with Gasteiger partial charge < -0.3 is 20.3 Å². The van der Waals surface area contributed by atoms with Gasteiger partial charge in [0.25, 0.3) is 0 Å². The second-order valence-corrected chi connectivity index (χ2v) is 17.1. The number of aliphatic hydroxyl groups is 2. The molecule has 6 nitrogen and oxygen atoms in total. The SMILES string of the molecule is CCCCCC/C=C\CCCCCCCC(=O)OCCCCCCCCCCCCCCCCCCC(=O)NC(CO)C(O)CCCCCCCCCCCC. The van der Waals surface area contributed by atoms with Gasteiger partial charge in [-0.05, 0) is 51.4 Å². The van der Waals surface area contributed by atoms with Crippen molar-refractivity contribution in [3.8, 4) is 0 Å². The van der Waals surface area contributed by atoms with Gasteiger partial charge in [-0.25, -0.2) is 0 Å². The monoisotopic (exact) mass is 792 g/mol. The van der Waals surface area contributed by atoms with Crippen LogP contribution in [0.2, 0.25) is 0 Å². The highest BCUT2D eigenvalue weighted by Crippen LogP contribution is 2.16. The predicted octanol–water partition coefficient (Wildman–Crippen LogP) is 14.6. The van der Waals surface area contributed by atoms with Gasteiger partial charge in [0.15, 0.2) is 0 Å². The van der Waals surface area contributed by atoms with Gasteiger partial charge in [-0.15, -0.1) is 0 Å². The summed E-state index contributed by atoms with van der Waals surface area (Å²) in [5, 5.41) is 23.1. The lowest BCUT2D eigenvalue weighted by Crippen LogP contribution is -2.45. The lowest BCUT2D eigenvalue weighted by molar-refractivity contribution is -0.143. The summed E-state index contributed by atoms with van der Waals surface area (Å²) < 4.78 is 5.45. The molecular formula is C50H97NO5. The molecule has 0 bridgehead atoms. The van der Waals surface area contributed by atoms with Crippen molar-refractivity contribution in [1.82, 2.24) is 5.32 Å². The molecule has 0 rings (SSSR count). The van der Waals surface area contributed by atoms with E-state index in [0.717, 1.165) is 44.9 Å². The van der Waals surface area contributed by atoms with E-state index in [4.69, 9.17) is 4.74 Å². The molecule has 0 aromatic heterocycles. The minimum Gasteiger partial charge on any atom is -0.466 e. The summed E-state index contributed by atoms with van der Waals surface area (Å²) in [4.78, 5) is 24.4. The Morgan fingerprint density at radius 2 is 0.839 bits per heavy atom. The van der Waals surface area contributed by atoms with Crippen molar-refractivity contribution in [3.63, 3.8) is 0 Å². The Hall–Kier alpha value is -1.40. The van der Waals surface area contributed by atoms with E-state index in [2.05, 4.69) is 31.3 Å². The Bertz CT molecular complexity index is 832. The highest BCUT2D eigenvalue weighted by Gasteiger charge is 2.20. The summed E-state index contributed by atoms with van der Waals surface area (Å²) in [6.07, 6.45) is 51.8. The quantitative estimate of drug-likeness (QED) is 0.0324. The molecule has 332 valence electrons. The van der Waals surface area contributed by atoms with Crippen molar-refractivity contribution in [3.05, 3.63) is 12.2 Å². The number of esters is 1. The molecule has 3 N–H and O–H groups in total. The molecule has 0 aliphatic rings. The van der Waals surface area contributed by atoms with Crippen LogP contribution in [0.15, 0.2) is 12.2 Å². The van der Waals surface area contributed by atoms with Gasteiger partial charge in [0.2, 0.25) is 5.91 Å². The molecule has 0 fully saturated rings. The Kier molecular flexibility index (Phi) is 45.1. The first-order valence-corrected chi connectivity index (χ1v) is 24.9. The van der Waals surface area contributed by atoms with Crippen molar-refractivity contribution in [2.75, 3.05) is 13.2 Å². The largest absolute Gasteiger partial charge is 0.466 e. The van der Waals surface area contributed by atoms with E-state index in [1.54, 1.807) is 0 Å². The minimum atomic E-state index is -0.666. The van der Waals surface area contributed by atoms with Crippen LogP contribution >= 0.6 is 0 Å². The summed E-state index contributed by atoms with van der Waals surface area (Å²) in [7, 11) is 0. The molecule has 0 radical (unpaired) electrons. The number of aliphatic hydroxyl groups excluding tert-OH is 2. The first-order chi connectivity index (χ1) is 27.5. The number of unbranched alkanes of at least 4 members (excludes halogenated alkanes) is 33. The molecule has 0 heterocycles. The zero-order valence-corrected chi connectivity index (χ0v) is 37.6. The van der Waals surface area contributed by atoms with E-state index >= 15 is 0 Å². The third-order valence-electron chi connectivity index (χ3n) is 11.6. The fraction of sp³-hybridized carbons (Fsp3) is 0.920. The molecule has 0 spiro atoms. The van der Waals surface area contributed by atoms with Crippen LogP contribution in [0.4, 0.5) is 0 Å². The molecule has 0 saturated carbocycles. The first-order valence-electron chi connectivity index (χ1n) is 24.9. The molecular weight excluding hydrogens is 695 g/mol. The summed E-state index contributed by atoms with van der Waals surface area (Å²) in [6, 6.07) is -0.544. The number of amides is 1. The summed E-state index contributed by atoms with van der Waals surface area (Å²) in [5.41, 5.74) is 0. The van der Waals surface area contributed by atoms with E-state index in [-0.39, 0.29) is 18.5 Å². The molecule has 1 amide bonds. The van der Waals surface area contributed by atoms with Gasteiger partial charge in [-0.2, -0.15) is 0 Å². The van der Waals surface area contributed by atoms with Crippen LogP contribution in [-0.2, 0) is 14.3 Å². The Morgan fingerprint density at radius 3 is 1.29 bits per heavy atom. The van der Waals surface area contributed by atoms with E-state index in [9.17, 15) is 19.8 Å². The van der Waals surface area contributed by atoms with E-state index in [0.29, 0.717) is 25.9 Å². The molecule has 0 aliphatic carbocycles. The third kappa shape index (κ3) is 42.2. The van der Waals surface area contributed by atoms with Crippen molar-refractivity contribution in [2.24, 2.45) is 0 Å². The first kappa shape index (κ1) is 54.6. The normalized spacial score (nSPS) is 12.7. The van der Waals surface area contributed by atoms with Gasteiger partial charge in [-0.1, -0.05) is 219 Å². The smallest absolute Gasteiger partial charge is 0.305 e. The van der Waals surface area contributed by atoms with Crippen molar-refractivity contribution in [1.29, 1.82) is 0 Å². The van der Waals surface area contributed by atoms with Gasteiger partial charge >= 0.3 is 5.97 Å². The average molecular weight is 792 g/mol. The van der Waals surface area contributed by atoms with Crippen LogP contribution in [0.3, 0.4) is 0 Å². The van der Waals surface area contributed by atoms with Gasteiger partial charge in [0, 0.05) is 12.8 Å². The second kappa shape index (κ2) is 46.3. The molecule has 6 heteroatoms. The van der Waals surface area contributed by atoms with Crippen molar-refractivity contribution >= 4 is 11.9 Å². The molecule has 0 aromatic rings. The van der Waals surface area contributed by atoms with Gasteiger partial charge in [-0.3, -0.25) is 9.59 Å². The number of carbonyl (C=O) groups is 2. The lowest BCUT2D eigenvalue weighted by atomic mass is 10.0. The molecule has 0 aliphatic heterocycles. The zero-order chi connectivity index (χ0) is 40.8. The standard InChI is InChI=1S/C50H97NO5/c1-3-5-7-9-11-13-15-20-24-28-32-36-40-44-50(55)56-45-41-37-33-29-25-22-19-17-16-18-21-23-27-31-35-39-43-49(54)51-47(46-52)48(53)42-38-34-30-26-14-12-10-8-6-4-2/h13,15,47-48,52-53H,3-12,14,16-46H2,1-2H3,(H,51,54)/b15-13-. The molecule has 2 atom stereocenters. The molecule has 2 unspecified atom stereocenters. The second-order valence-electron chi connectivity index (χ2n) is 17.1. The predicted molar refractivity (Wildman–Crippen MR) is 241 cm³/mol. The lowest BCUT2D eigenvalue weighted by Gasteiger charge is -2.22. The number of nitrogens with one attached hydrogen (secondary N) is 1. The van der Waals surface area contributed by atoms with E-state index in [1.165, 1.54) is 193 Å². The van der Waals surface area contributed by atoms with E-state index in [1.807, 2.05) is 0 Å². The third-order valence-corrected chi connectivity index (χ3v) is 11.6. The zero-order valence-electron chi connectivity index (χ0n) is 37.6. The Labute approximate surface area is 349 Å². The summed E-state index contributed by atoms with van der Waals surface area (Å²) in [5.74, 6) is -0.0499. The number of carbonyl (C=O) groups excluding carboxylic acids is 2. The fourth-order valence-electron chi connectivity index (χ4n) is 7.69. The van der Waals surface area contributed by atoms with Gasteiger partial charge in [0.05, 0.1) is 25.4 Å². The van der Waals surface area contributed by atoms with Crippen LogP contribution in [0, 0.1) is 0 Å². The molecule has 0 aromatic carbocycles. The van der Waals surface area contributed by atoms with Crippen LogP contribution in [0.1, 0.15) is 271 Å². The van der Waals surface area contributed by atoms with Crippen LogP contribution < -0.4 is 5.32 Å². The number of rotatable bonds is 46. The van der Waals surface area contributed by atoms with Crippen LogP contribution in [0.5, 0.6) is 0 Å². The van der Waals surface area contributed by atoms with E-state index < -0.39 is 12.1 Å². The Balaban J connectivity index is 3.41. The van der Waals surface area contributed by atoms with Crippen molar-refractivity contribution in [2.45, 2.75) is 283 Å². The number of allylic oxidation sites excluding steroid dienone is 2. The molecule has 56 heavy (non-hydrogen) atoms. The highest BCUT2D eigenvalue weighted by atomic mass is 16.5.